The van der Waals surface area contributed by atoms with Gasteiger partial charge in [0.2, 0.25) is 5.91 Å². The Morgan fingerprint density at radius 3 is 2.17 bits per heavy atom. The number of rotatable bonds is 5. The molecule has 0 aliphatic carbocycles. The summed E-state index contributed by atoms with van der Waals surface area (Å²) in [5.41, 5.74) is 0.860. The third kappa shape index (κ3) is 4.02. The first-order valence-electron chi connectivity index (χ1n) is 6.43. The van der Waals surface area contributed by atoms with Gasteiger partial charge >= 0.3 is 0 Å². The van der Waals surface area contributed by atoms with Crippen molar-refractivity contribution in [2.75, 3.05) is 6.54 Å². The number of alkyl halides is 1. The summed E-state index contributed by atoms with van der Waals surface area (Å²) in [6, 6.07) is 9.68. The topological polar surface area (TPSA) is 20.3 Å². The fraction of sp³-hybridized carbons (Fsp3) is 0.533. The highest BCUT2D eigenvalue weighted by molar-refractivity contribution is 6.30. The second-order valence-electron chi connectivity index (χ2n) is 5.25. The average molecular weight is 268 g/mol. The summed E-state index contributed by atoms with van der Waals surface area (Å²) in [7, 11) is 0. The van der Waals surface area contributed by atoms with Gasteiger partial charge in [-0.3, -0.25) is 4.79 Å². The fourth-order valence-corrected chi connectivity index (χ4v) is 2.13. The van der Waals surface area contributed by atoms with Crippen molar-refractivity contribution in [3.63, 3.8) is 0 Å². The van der Waals surface area contributed by atoms with E-state index in [1.807, 2.05) is 49.1 Å². The molecule has 1 atom stereocenters. The van der Waals surface area contributed by atoms with Crippen LogP contribution in [0.1, 0.15) is 38.6 Å². The maximum absolute atomic E-state index is 12.4. The van der Waals surface area contributed by atoms with Crippen LogP contribution >= 0.6 is 11.6 Å². The Labute approximate surface area is 115 Å². The third-order valence-corrected chi connectivity index (χ3v) is 3.22. The van der Waals surface area contributed by atoms with Crippen LogP contribution < -0.4 is 0 Å². The Bertz CT molecular complexity index is 375. The molecule has 1 amide bonds. The summed E-state index contributed by atoms with van der Waals surface area (Å²) in [6.45, 7) is 9.00. The van der Waals surface area contributed by atoms with Gasteiger partial charge in [0, 0.05) is 12.6 Å². The molecule has 3 heteroatoms. The largest absolute Gasteiger partial charge is 0.338 e. The number of nitrogens with zero attached hydrogens (tertiary/aromatic N) is 1. The second-order valence-corrected chi connectivity index (χ2v) is 5.69. The highest BCUT2D eigenvalue weighted by atomic mass is 35.5. The normalized spacial score (nSPS) is 12.8. The smallest absolute Gasteiger partial charge is 0.245 e. The summed E-state index contributed by atoms with van der Waals surface area (Å²) in [4.78, 5) is 14.3. The Morgan fingerprint density at radius 1 is 1.17 bits per heavy atom. The Balaban J connectivity index is 2.83. The Hall–Kier alpha value is -1.02. The van der Waals surface area contributed by atoms with Crippen LogP contribution in [0.25, 0.3) is 0 Å². The van der Waals surface area contributed by atoms with Gasteiger partial charge in [-0.05, 0) is 25.3 Å². The van der Waals surface area contributed by atoms with Gasteiger partial charge in [-0.2, -0.15) is 0 Å². The Kier molecular flexibility index (Phi) is 5.67. The standard InChI is InChI=1S/C15H22ClNO/c1-11(2)10-17(12(3)4)15(18)14(16)13-8-6-5-7-9-13/h5-9,11-12,14H,10H2,1-4H3. The number of amides is 1. The molecule has 100 valence electrons. The molecule has 0 spiro atoms. The van der Waals surface area contributed by atoms with E-state index in [4.69, 9.17) is 11.6 Å². The van der Waals surface area contributed by atoms with E-state index in [1.54, 1.807) is 0 Å². The average Bonchev–Trinajstić information content (AvgIpc) is 2.34. The SMILES string of the molecule is CC(C)CN(C(=O)C(Cl)c1ccccc1)C(C)C. The maximum atomic E-state index is 12.4. The minimum Gasteiger partial charge on any atom is -0.338 e. The monoisotopic (exact) mass is 267 g/mol. The van der Waals surface area contributed by atoms with Crippen LogP contribution in [0.4, 0.5) is 0 Å². The maximum Gasteiger partial charge on any atom is 0.245 e. The van der Waals surface area contributed by atoms with Gasteiger partial charge in [-0.25, -0.2) is 0 Å². The van der Waals surface area contributed by atoms with E-state index in [0.29, 0.717) is 5.92 Å². The molecule has 0 heterocycles. The van der Waals surface area contributed by atoms with Crippen molar-refractivity contribution < 1.29 is 4.79 Å². The summed E-state index contributed by atoms with van der Waals surface area (Å²) in [6.07, 6.45) is 0. The molecule has 0 saturated heterocycles. The summed E-state index contributed by atoms with van der Waals surface area (Å²) in [5, 5.41) is -0.590. The molecule has 1 rings (SSSR count). The summed E-state index contributed by atoms with van der Waals surface area (Å²) < 4.78 is 0. The van der Waals surface area contributed by atoms with Crippen molar-refractivity contribution in [3.8, 4) is 0 Å². The van der Waals surface area contributed by atoms with Crippen molar-refractivity contribution in [1.29, 1.82) is 0 Å². The minimum atomic E-state index is -0.590. The Morgan fingerprint density at radius 2 is 1.72 bits per heavy atom. The lowest BCUT2D eigenvalue weighted by Crippen LogP contribution is -2.41. The van der Waals surface area contributed by atoms with Gasteiger partial charge in [-0.1, -0.05) is 44.2 Å². The minimum absolute atomic E-state index is 0.00781. The number of hydrogen-bond acceptors (Lipinski definition) is 1. The predicted octanol–water partition coefficient (Wildman–Crippen LogP) is 3.86. The molecule has 1 unspecified atom stereocenters. The molecule has 0 N–H and O–H groups in total. The van der Waals surface area contributed by atoms with Gasteiger partial charge in [0.1, 0.15) is 5.38 Å². The van der Waals surface area contributed by atoms with E-state index in [9.17, 15) is 4.79 Å². The van der Waals surface area contributed by atoms with E-state index < -0.39 is 5.38 Å². The van der Waals surface area contributed by atoms with Gasteiger partial charge in [0.05, 0.1) is 0 Å². The van der Waals surface area contributed by atoms with E-state index in [2.05, 4.69) is 13.8 Å². The second kappa shape index (κ2) is 6.79. The first kappa shape index (κ1) is 15.0. The summed E-state index contributed by atoms with van der Waals surface area (Å²) in [5.74, 6) is 0.433. The third-order valence-electron chi connectivity index (χ3n) is 2.78. The van der Waals surface area contributed by atoms with Crippen LogP contribution in [0, 0.1) is 5.92 Å². The van der Waals surface area contributed by atoms with Gasteiger partial charge < -0.3 is 4.90 Å². The zero-order valence-corrected chi connectivity index (χ0v) is 12.3. The fourth-order valence-electron chi connectivity index (χ4n) is 1.86. The van der Waals surface area contributed by atoms with Crippen LogP contribution in [-0.2, 0) is 4.79 Å². The lowest BCUT2D eigenvalue weighted by molar-refractivity contribution is -0.133. The zero-order chi connectivity index (χ0) is 13.7. The van der Waals surface area contributed by atoms with Crippen molar-refractivity contribution >= 4 is 17.5 Å². The molecule has 1 aromatic rings. The van der Waals surface area contributed by atoms with Crippen LogP contribution in [0.15, 0.2) is 30.3 Å². The zero-order valence-electron chi connectivity index (χ0n) is 11.6. The lowest BCUT2D eigenvalue weighted by Gasteiger charge is -2.30. The number of benzene rings is 1. The summed E-state index contributed by atoms with van der Waals surface area (Å²) >= 11 is 6.29. The molecule has 0 bridgehead atoms. The van der Waals surface area contributed by atoms with Gasteiger partial charge in [-0.15, -0.1) is 11.6 Å². The van der Waals surface area contributed by atoms with Crippen molar-refractivity contribution in [1.82, 2.24) is 4.90 Å². The number of carbonyl (C=O) groups is 1. The first-order valence-corrected chi connectivity index (χ1v) is 6.86. The number of hydrogen-bond donors (Lipinski definition) is 0. The molecule has 0 fully saturated rings. The quantitative estimate of drug-likeness (QED) is 0.742. The van der Waals surface area contributed by atoms with Crippen molar-refractivity contribution in [3.05, 3.63) is 35.9 Å². The van der Waals surface area contributed by atoms with Crippen LogP contribution in [-0.4, -0.2) is 23.4 Å². The van der Waals surface area contributed by atoms with E-state index in [0.717, 1.165) is 12.1 Å². The molecular formula is C15H22ClNO. The predicted molar refractivity (Wildman–Crippen MR) is 76.7 cm³/mol. The molecule has 0 aliphatic heterocycles. The molecule has 18 heavy (non-hydrogen) atoms. The van der Waals surface area contributed by atoms with E-state index in [-0.39, 0.29) is 11.9 Å². The molecule has 1 aromatic carbocycles. The first-order chi connectivity index (χ1) is 8.43. The van der Waals surface area contributed by atoms with E-state index in [1.165, 1.54) is 0 Å². The van der Waals surface area contributed by atoms with Crippen LogP contribution in [0.5, 0.6) is 0 Å². The number of halogens is 1. The molecule has 0 aromatic heterocycles. The molecule has 0 saturated carbocycles. The lowest BCUT2D eigenvalue weighted by atomic mass is 10.1. The van der Waals surface area contributed by atoms with Gasteiger partial charge in [0.25, 0.3) is 0 Å². The van der Waals surface area contributed by atoms with Crippen LogP contribution in [0.3, 0.4) is 0 Å². The molecular weight excluding hydrogens is 246 g/mol. The van der Waals surface area contributed by atoms with E-state index >= 15 is 0 Å². The highest BCUT2D eigenvalue weighted by Gasteiger charge is 2.25. The highest BCUT2D eigenvalue weighted by Crippen LogP contribution is 2.24. The van der Waals surface area contributed by atoms with Crippen molar-refractivity contribution in [2.45, 2.75) is 39.1 Å². The number of carbonyl (C=O) groups excluding carboxylic acids is 1. The molecule has 0 aliphatic rings. The van der Waals surface area contributed by atoms with Crippen LogP contribution in [0.2, 0.25) is 0 Å². The molecule has 2 nitrogen and oxygen atoms in total. The molecule has 0 radical (unpaired) electrons. The van der Waals surface area contributed by atoms with Gasteiger partial charge in [0.15, 0.2) is 0 Å². The van der Waals surface area contributed by atoms with Crippen molar-refractivity contribution in [2.24, 2.45) is 5.92 Å².